The SMILES string of the molecule is CCNC(=NCC(C)N(CC)CC)N1CCN(c2nc(CC)ns2)CC1.I. The summed E-state index contributed by atoms with van der Waals surface area (Å²) in [7, 11) is 0. The summed E-state index contributed by atoms with van der Waals surface area (Å²) in [6.07, 6.45) is 0.901. The highest BCUT2D eigenvalue weighted by Gasteiger charge is 2.22. The first-order chi connectivity index (χ1) is 12.6. The lowest BCUT2D eigenvalue weighted by Crippen LogP contribution is -2.53. The van der Waals surface area contributed by atoms with Crippen LogP contribution in [0.4, 0.5) is 5.13 Å². The fraction of sp³-hybridized carbons (Fsp3) is 0.833. The molecule has 0 aliphatic carbocycles. The Morgan fingerprint density at radius 1 is 1.19 bits per heavy atom. The number of rotatable bonds is 8. The molecule has 7 nitrogen and oxygen atoms in total. The van der Waals surface area contributed by atoms with E-state index < -0.39 is 0 Å². The molecular formula is C18H36IN7S. The van der Waals surface area contributed by atoms with Crippen molar-refractivity contribution in [2.45, 2.75) is 47.1 Å². The number of anilines is 1. The third-order valence-electron chi connectivity index (χ3n) is 4.90. The zero-order chi connectivity index (χ0) is 18.9. The van der Waals surface area contributed by atoms with Crippen LogP contribution in [0.1, 0.15) is 40.4 Å². The van der Waals surface area contributed by atoms with Gasteiger partial charge in [0.05, 0.1) is 6.54 Å². The Labute approximate surface area is 185 Å². The lowest BCUT2D eigenvalue weighted by molar-refractivity contribution is 0.236. The van der Waals surface area contributed by atoms with Crippen molar-refractivity contribution < 1.29 is 0 Å². The van der Waals surface area contributed by atoms with E-state index >= 15 is 0 Å². The number of guanidine groups is 1. The average molecular weight is 510 g/mol. The van der Waals surface area contributed by atoms with E-state index in [1.54, 1.807) is 0 Å². The van der Waals surface area contributed by atoms with Crippen LogP contribution in [0.3, 0.4) is 0 Å². The Hall–Kier alpha value is -0.680. The molecule has 1 aliphatic heterocycles. The summed E-state index contributed by atoms with van der Waals surface area (Å²) in [6.45, 7) is 18.7. The molecule has 1 aliphatic rings. The van der Waals surface area contributed by atoms with Crippen LogP contribution in [-0.2, 0) is 6.42 Å². The number of hydrogen-bond donors (Lipinski definition) is 1. The fourth-order valence-corrected chi connectivity index (χ4v) is 4.03. The van der Waals surface area contributed by atoms with Gasteiger partial charge in [-0.2, -0.15) is 4.37 Å². The predicted molar refractivity (Wildman–Crippen MR) is 127 cm³/mol. The molecular weight excluding hydrogens is 473 g/mol. The smallest absolute Gasteiger partial charge is 0.205 e. The molecule has 1 aromatic rings. The van der Waals surface area contributed by atoms with Gasteiger partial charge < -0.3 is 15.1 Å². The number of hydrogen-bond acceptors (Lipinski definition) is 6. The van der Waals surface area contributed by atoms with Gasteiger partial charge >= 0.3 is 0 Å². The number of nitrogens with one attached hydrogen (secondary N) is 1. The summed E-state index contributed by atoms with van der Waals surface area (Å²) in [4.78, 5) is 16.7. The molecule has 1 saturated heterocycles. The summed E-state index contributed by atoms with van der Waals surface area (Å²) in [6, 6.07) is 0.466. The van der Waals surface area contributed by atoms with Crippen molar-refractivity contribution in [3.05, 3.63) is 5.82 Å². The maximum Gasteiger partial charge on any atom is 0.205 e. The lowest BCUT2D eigenvalue weighted by Gasteiger charge is -2.36. The summed E-state index contributed by atoms with van der Waals surface area (Å²) in [5.41, 5.74) is 0. The van der Waals surface area contributed by atoms with Gasteiger partial charge in [-0.1, -0.05) is 20.8 Å². The summed E-state index contributed by atoms with van der Waals surface area (Å²) in [5, 5.41) is 4.52. The fourth-order valence-electron chi connectivity index (χ4n) is 3.23. The maximum absolute atomic E-state index is 4.91. The van der Waals surface area contributed by atoms with Crippen LogP contribution in [0.25, 0.3) is 0 Å². The zero-order valence-electron chi connectivity index (χ0n) is 17.4. The van der Waals surface area contributed by atoms with Crippen molar-refractivity contribution in [2.24, 2.45) is 4.99 Å². The molecule has 1 atom stereocenters. The topological polar surface area (TPSA) is 59.9 Å². The normalized spacial score (nSPS) is 16.4. The highest BCUT2D eigenvalue weighted by Crippen LogP contribution is 2.19. The summed E-state index contributed by atoms with van der Waals surface area (Å²) < 4.78 is 4.41. The van der Waals surface area contributed by atoms with Gasteiger partial charge in [0.25, 0.3) is 0 Å². The number of piperazine rings is 1. The van der Waals surface area contributed by atoms with E-state index in [4.69, 9.17) is 4.99 Å². The Balaban J connectivity index is 0.00000364. The first-order valence-corrected chi connectivity index (χ1v) is 10.7. The standard InChI is InChI=1S/C18H35N7S.HI/c1-6-16-21-18(26-22-16)25-12-10-24(11-13-25)17(19-7-2)20-14-15(5)23(8-3)9-4;/h15H,6-14H2,1-5H3,(H,19,20);1H. The largest absolute Gasteiger partial charge is 0.357 e. The van der Waals surface area contributed by atoms with Gasteiger partial charge in [-0.25, -0.2) is 4.98 Å². The van der Waals surface area contributed by atoms with Crippen molar-refractivity contribution in [3.8, 4) is 0 Å². The molecule has 0 saturated carbocycles. The molecule has 1 unspecified atom stereocenters. The van der Waals surface area contributed by atoms with Gasteiger partial charge in [-0.15, -0.1) is 24.0 Å². The minimum atomic E-state index is 0. The number of nitrogens with zero attached hydrogens (tertiary/aromatic N) is 6. The predicted octanol–water partition coefficient (Wildman–Crippen LogP) is 2.54. The number of aryl methyl sites for hydroxylation is 1. The van der Waals surface area contributed by atoms with Crippen molar-refractivity contribution in [2.75, 3.05) is 57.3 Å². The number of aromatic nitrogens is 2. The van der Waals surface area contributed by atoms with Crippen molar-refractivity contribution in [1.29, 1.82) is 0 Å². The van der Waals surface area contributed by atoms with E-state index in [2.05, 4.69) is 64.0 Å². The molecule has 0 radical (unpaired) electrons. The molecule has 1 N–H and O–H groups in total. The first kappa shape index (κ1) is 24.4. The van der Waals surface area contributed by atoms with Crippen molar-refractivity contribution >= 4 is 46.6 Å². The number of aliphatic imine (C=N–C) groups is 1. The van der Waals surface area contributed by atoms with E-state index in [1.165, 1.54) is 11.5 Å². The van der Waals surface area contributed by atoms with Gasteiger partial charge in [0.2, 0.25) is 5.13 Å². The molecule has 2 heterocycles. The Bertz CT molecular complexity index is 554. The highest BCUT2D eigenvalue weighted by molar-refractivity contribution is 14.0. The molecule has 156 valence electrons. The van der Waals surface area contributed by atoms with Gasteiger partial charge in [-0.05, 0) is 26.9 Å². The highest BCUT2D eigenvalue weighted by atomic mass is 127. The lowest BCUT2D eigenvalue weighted by atomic mass is 10.3. The number of likely N-dealkylation sites (N-methyl/N-ethyl adjacent to an activating group) is 1. The van der Waals surface area contributed by atoms with Gasteiger partial charge in [0.15, 0.2) is 5.96 Å². The molecule has 9 heteroatoms. The van der Waals surface area contributed by atoms with Crippen LogP contribution in [0.5, 0.6) is 0 Å². The van der Waals surface area contributed by atoms with E-state index in [1.807, 2.05) is 0 Å². The molecule has 0 bridgehead atoms. The third kappa shape index (κ3) is 7.01. The van der Waals surface area contributed by atoms with E-state index in [-0.39, 0.29) is 24.0 Å². The first-order valence-electron chi connectivity index (χ1n) is 9.97. The third-order valence-corrected chi connectivity index (χ3v) is 5.71. The quantitative estimate of drug-likeness (QED) is 0.330. The van der Waals surface area contributed by atoms with E-state index in [9.17, 15) is 0 Å². The Morgan fingerprint density at radius 3 is 2.37 bits per heavy atom. The van der Waals surface area contributed by atoms with E-state index in [0.717, 1.165) is 75.7 Å². The van der Waals surface area contributed by atoms with Crippen LogP contribution in [0.15, 0.2) is 4.99 Å². The second-order valence-corrected chi connectivity index (χ2v) is 7.32. The molecule has 0 aromatic carbocycles. The van der Waals surface area contributed by atoms with Crippen LogP contribution in [0, 0.1) is 0 Å². The van der Waals surface area contributed by atoms with Crippen LogP contribution < -0.4 is 10.2 Å². The molecule has 1 fully saturated rings. The second-order valence-electron chi connectivity index (χ2n) is 6.59. The molecule has 1 aromatic heterocycles. The average Bonchev–Trinajstić information content (AvgIpc) is 3.15. The molecule has 0 spiro atoms. The monoisotopic (exact) mass is 509 g/mol. The summed E-state index contributed by atoms with van der Waals surface area (Å²) >= 11 is 1.52. The zero-order valence-corrected chi connectivity index (χ0v) is 20.6. The van der Waals surface area contributed by atoms with Crippen LogP contribution in [0.2, 0.25) is 0 Å². The minimum Gasteiger partial charge on any atom is -0.357 e. The maximum atomic E-state index is 4.91. The Morgan fingerprint density at radius 2 is 1.85 bits per heavy atom. The molecule has 27 heavy (non-hydrogen) atoms. The van der Waals surface area contributed by atoms with Crippen LogP contribution in [-0.4, -0.2) is 83.5 Å². The van der Waals surface area contributed by atoms with Gasteiger partial charge in [-0.3, -0.25) is 9.89 Å². The van der Waals surface area contributed by atoms with Crippen LogP contribution >= 0.6 is 35.5 Å². The molecule has 2 rings (SSSR count). The van der Waals surface area contributed by atoms with Crippen molar-refractivity contribution in [3.63, 3.8) is 0 Å². The Kier molecular flexibility index (Phi) is 11.5. The minimum absolute atomic E-state index is 0. The second kappa shape index (κ2) is 12.7. The van der Waals surface area contributed by atoms with Gasteiger partial charge in [0.1, 0.15) is 5.82 Å². The van der Waals surface area contributed by atoms with E-state index in [0.29, 0.717) is 6.04 Å². The molecule has 0 amide bonds. The van der Waals surface area contributed by atoms with Crippen molar-refractivity contribution in [1.82, 2.24) is 24.5 Å². The number of halogens is 1. The van der Waals surface area contributed by atoms with Gasteiger partial charge in [0, 0.05) is 56.7 Å². The summed E-state index contributed by atoms with van der Waals surface area (Å²) in [5.74, 6) is 1.99.